The van der Waals surface area contributed by atoms with Gasteiger partial charge in [0.25, 0.3) is 0 Å². The Labute approximate surface area is 88.0 Å². The zero-order chi connectivity index (χ0) is 11.0. The van der Waals surface area contributed by atoms with E-state index in [1.807, 2.05) is 5.10 Å². The fourth-order valence-corrected chi connectivity index (χ4v) is 1.39. The molecular formula is C8H10BrF3N2. The second-order valence-electron chi connectivity index (χ2n) is 3.67. The van der Waals surface area contributed by atoms with Gasteiger partial charge < -0.3 is 0 Å². The van der Waals surface area contributed by atoms with Crippen LogP contribution in [0, 0.1) is 0 Å². The molecule has 6 heteroatoms. The van der Waals surface area contributed by atoms with Crippen molar-refractivity contribution >= 4 is 15.9 Å². The number of nitrogens with one attached hydrogen (secondary N) is 1. The van der Waals surface area contributed by atoms with Gasteiger partial charge in [0.05, 0.1) is 6.20 Å². The molecule has 0 bridgehead atoms. The largest absolute Gasteiger partial charge is 0.433 e. The molecule has 0 spiro atoms. The van der Waals surface area contributed by atoms with E-state index in [0.29, 0.717) is 5.33 Å². The van der Waals surface area contributed by atoms with E-state index in [4.69, 9.17) is 0 Å². The van der Waals surface area contributed by atoms with Gasteiger partial charge in [-0.2, -0.15) is 18.3 Å². The topological polar surface area (TPSA) is 28.7 Å². The van der Waals surface area contributed by atoms with Crippen LogP contribution in [-0.4, -0.2) is 15.5 Å². The number of nitrogens with zero attached hydrogens (tertiary/aromatic N) is 1. The molecule has 0 saturated carbocycles. The summed E-state index contributed by atoms with van der Waals surface area (Å²) >= 11 is 3.18. The van der Waals surface area contributed by atoms with Crippen LogP contribution in [0.2, 0.25) is 0 Å². The molecule has 0 aromatic carbocycles. The average Bonchev–Trinajstić information content (AvgIpc) is 2.51. The summed E-state index contributed by atoms with van der Waals surface area (Å²) in [5, 5.41) is 5.87. The summed E-state index contributed by atoms with van der Waals surface area (Å²) in [6.45, 7) is 3.45. The minimum absolute atomic E-state index is 0.182. The highest BCUT2D eigenvalue weighted by molar-refractivity contribution is 9.09. The Kier molecular flexibility index (Phi) is 2.94. The minimum atomic E-state index is -4.37. The molecule has 2 nitrogen and oxygen atoms in total. The molecule has 0 unspecified atom stereocenters. The van der Waals surface area contributed by atoms with Crippen LogP contribution in [0.1, 0.15) is 25.1 Å². The van der Waals surface area contributed by atoms with Crippen molar-refractivity contribution in [3.8, 4) is 0 Å². The lowest BCUT2D eigenvalue weighted by Crippen LogP contribution is -2.23. The molecule has 80 valence electrons. The van der Waals surface area contributed by atoms with E-state index in [-0.39, 0.29) is 5.56 Å². The van der Waals surface area contributed by atoms with Gasteiger partial charge in [-0.1, -0.05) is 29.8 Å². The highest BCUT2D eigenvalue weighted by Gasteiger charge is 2.39. The number of H-pyrrole nitrogens is 1. The third kappa shape index (κ3) is 2.10. The molecule has 0 aliphatic heterocycles. The molecule has 1 N–H and O–H groups in total. The summed E-state index contributed by atoms with van der Waals surface area (Å²) in [5.74, 6) is 0. The Hall–Kier alpha value is -0.520. The molecule has 0 amide bonds. The lowest BCUT2D eigenvalue weighted by molar-refractivity contribution is -0.142. The van der Waals surface area contributed by atoms with Gasteiger partial charge in [0, 0.05) is 16.3 Å². The highest BCUT2D eigenvalue weighted by Crippen LogP contribution is 2.36. The monoisotopic (exact) mass is 270 g/mol. The minimum Gasteiger partial charge on any atom is -0.273 e. The SMILES string of the molecule is CC(C)(CBr)c1cn[nH]c1C(F)(F)F. The summed E-state index contributed by atoms with van der Waals surface area (Å²) in [7, 11) is 0. The smallest absolute Gasteiger partial charge is 0.273 e. The Morgan fingerprint density at radius 3 is 2.43 bits per heavy atom. The second-order valence-corrected chi connectivity index (χ2v) is 4.23. The molecule has 14 heavy (non-hydrogen) atoms. The predicted octanol–water partition coefficient (Wildman–Crippen LogP) is 3.10. The van der Waals surface area contributed by atoms with Crippen LogP contribution in [0.4, 0.5) is 13.2 Å². The normalized spacial score (nSPS) is 13.3. The van der Waals surface area contributed by atoms with Crippen LogP contribution >= 0.6 is 15.9 Å². The van der Waals surface area contributed by atoms with Gasteiger partial charge in [-0.05, 0) is 0 Å². The number of hydrogen-bond acceptors (Lipinski definition) is 1. The van der Waals surface area contributed by atoms with Crippen molar-refractivity contribution in [1.29, 1.82) is 0 Å². The predicted molar refractivity (Wildman–Crippen MR) is 50.4 cm³/mol. The highest BCUT2D eigenvalue weighted by atomic mass is 79.9. The molecule has 1 rings (SSSR count). The van der Waals surface area contributed by atoms with Crippen molar-refractivity contribution in [2.75, 3.05) is 5.33 Å². The summed E-state index contributed by atoms with van der Waals surface area (Å²) in [5.41, 5.74) is -1.17. The van der Waals surface area contributed by atoms with Crippen molar-refractivity contribution < 1.29 is 13.2 Å². The third-order valence-electron chi connectivity index (χ3n) is 1.99. The maximum atomic E-state index is 12.5. The van der Waals surface area contributed by atoms with Crippen LogP contribution in [0.15, 0.2) is 6.20 Å². The van der Waals surface area contributed by atoms with E-state index in [1.54, 1.807) is 13.8 Å². The molecule has 0 aliphatic rings. The summed E-state index contributed by atoms with van der Waals surface area (Å²) in [6.07, 6.45) is -3.14. The number of aromatic amines is 1. The van der Waals surface area contributed by atoms with Crippen LogP contribution in [-0.2, 0) is 11.6 Å². The lowest BCUT2D eigenvalue weighted by Gasteiger charge is -2.22. The van der Waals surface area contributed by atoms with Gasteiger partial charge in [0.15, 0.2) is 0 Å². The molecule has 0 atom stereocenters. The maximum Gasteiger partial charge on any atom is 0.433 e. The number of aromatic nitrogens is 2. The standard InChI is InChI=1S/C8H10BrF3N2/c1-7(2,4-9)5-3-13-14-6(5)8(10,11)12/h3H,4H2,1-2H3,(H,13,14). The molecule has 0 aliphatic carbocycles. The molecule has 1 aromatic heterocycles. The van der Waals surface area contributed by atoms with Crippen molar-refractivity contribution in [2.24, 2.45) is 0 Å². The molecule has 0 saturated heterocycles. The lowest BCUT2D eigenvalue weighted by atomic mass is 9.87. The van der Waals surface area contributed by atoms with Crippen LogP contribution in [0.3, 0.4) is 0 Å². The fourth-order valence-electron chi connectivity index (χ4n) is 1.09. The Balaban J connectivity index is 3.18. The van der Waals surface area contributed by atoms with Gasteiger partial charge in [-0.15, -0.1) is 0 Å². The van der Waals surface area contributed by atoms with Crippen LogP contribution in [0.5, 0.6) is 0 Å². The third-order valence-corrected chi connectivity index (χ3v) is 3.39. The Morgan fingerprint density at radius 2 is 2.00 bits per heavy atom. The first-order valence-corrected chi connectivity index (χ1v) is 5.08. The molecular weight excluding hydrogens is 261 g/mol. The number of halogens is 4. The quantitative estimate of drug-likeness (QED) is 0.822. The average molecular weight is 271 g/mol. The van der Waals surface area contributed by atoms with Crippen molar-refractivity contribution in [2.45, 2.75) is 25.4 Å². The zero-order valence-electron chi connectivity index (χ0n) is 7.74. The first-order valence-electron chi connectivity index (χ1n) is 3.96. The first kappa shape index (κ1) is 11.6. The fraction of sp³-hybridized carbons (Fsp3) is 0.625. The second kappa shape index (κ2) is 3.56. The van der Waals surface area contributed by atoms with Crippen LogP contribution < -0.4 is 0 Å². The number of rotatable bonds is 2. The molecule has 0 radical (unpaired) electrons. The van der Waals surface area contributed by atoms with Gasteiger partial charge in [0.1, 0.15) is 5.69 Å². The summed E-state index contributed by atoms with van der Waals surface area (Å²) in [4.78, 5) is 0. The Morgan fingerprint density at radius 1 is 1.43 bits per heavy atom. The zero-order valence-corrected chi connectivity index (χ0v) is 9.33. The first-order chi connectivity index (χ1) is 6.29. The number of alkyl halides is 4. The van der Waals surface area contributed by atoms with Gasteiger partial charge in [-0.3, -0.25) is 5.10 Å². The van der Waals surface area contributed by atoms with Crippen molar-refractivity contribution in [3.63, 3.8) is 0 Å². The van der Waals surface area contributed by atoms with Crippen LogP contribution in [0.25, 0.3) is 0 Å². The van der Waals surface area contributed by atoms with Gasteiger partial charge in [0.2, 0.25) is 0 Å². The van der Waals surface area contributed by atoms with E-state index in [2.05, 4.69) is 21.0 Å². The van der Waals surface area contributed by atoms with Crippen molar-refractivity contribution in [1.82, 2.24) is 10.2 Å². The van der Waals surface area contributed by atoms with E-state index in [9.17, 15) is 13.2 Å². The van der Waals surface area contributed by atoms with Gasteiger partial charge >= 0.3 is 6.18 Å². The number of hydrogen-bond donors (Lipinski definition) is 1. The van der Waals surface area contributed by atoms with Crippen molar-refractivity contribution in [3.05, 3.63) is 17.5 Å². The summed E-state index contributed by atoms with van der Waals surface area (Å²) < 4.78 is 37.4. The van der Waals surface area contributed by atoms with E-state index < -0.39 is 17.3 Å². The molecule has 1 aromatic rings. The van der Waals surface area contributed by atoms with E-state index >= 15 is 0 Å². The molecule has 0 fully saturated rings. The molecule has 1 heterocycles. The summed E-state index contributed by atoms with van der Waals surface area (Å²) in [6, 6.07) is 0. The maximum absolute atomic E-state index is 12.5. The van der Waals surface area contributed by atoms with E-state index in [1.165, 1.54) is 6.20 Å². The van der Waals surface area contributed by atoms with E-state index in [0.717, 1.165) is 0 Å². The Bertz CT molecular complexity index is 317. The van der Waals surface area contributed by atoms with Gasteiger partial charge in [-0.25, -0.2) is 0 Å².